The van der Waals surface area contributed by atoms with Crippen molar-refractivity contribution in [3.8, 4) is 0 Å². The van der Waals surface area contributed by atoms with Crippen molar-refractivity contribution >= 4 is 35.4 Å². The summed E-state index contributed by atoms with van der Waals surface area (Å²) >= 11 is 6.34. The second kappa shape index (κ2) is 10.5. The molecule has 2 aromatic rings. The molecule has 2 fully saturated rings. The second-order valence-corrected chi connectivity index (χ2v) is 11.4. The van der Waals surface area contributed by atoms with E-state index in [1.54, 1.807) is 0 Å². The standard InChI is InChI=1S/C27H26ClF4N5O5/c28-16-7-12(22(29)21-15(16)11-36(24(21)40)19-5-6-20(38)35-23(19)39)10-33-26(41)42-14-8-13(9-14)37-18-4-2-1-3-17(18)34-25(37)27(30,31)32/h7,13-14,19H,1-6,8-11H2,(H,33,41)(H,35,38,39)/t13?,14?,19-/m1/s1. The highest BCUT2D eigenvalue weighted by atomic mass is 35.5. The van der Waals surface area contributed by atoms with Crippen molar-refractivity contribution in [1.29, 1.82) is 0 Å². The first-order chi connectivity index (χ1) is 19.9. The van der Waals surface area contributed by atoms with E-state index in [1.807, 2.05) is 0 Å². The van der Waals surface area contributed by atoms with Gasteiger partial charge in [0.1, 0.15) is 18.0 Å². The average molecular weight is 612 g/mol. The van der Waals surface area contributed by atoms with Gasteiger partial charge in [0, 0.05) is 60.2 Å². The largest absolute Gasteiger partial charge is 0.449 e. The number of rotatable bonds is 5. The van der Waals surface area contributed by atoms with Crippen LogP contribution in [0.2, 0.25) is 5.02 Å². The van der Waals surface area contributed by atoms with Gasteiger partial charge in [-0.05, 0) is 38.2 Å². The van der Waals surface area contributed by atoms with Crippen molar-refractivity contribution in [2.45, 2.75) is 88.8 Å². The lowest BCUT2D eigenvalue weighted by molar-refractivity contribution is -0.149. The number of aromatic nitrogens is 2. The molecule has 2 aliphatic carbocycles. The first kappa shape index (κ1) is 28.4. The molecule has 1 aromatic carbocycles. The van der Waals surface area contributed by atoms with Crippen molar-refractivity contribution < 1.29 is 41.5 Å². The summed E-state index contributed by atoms with van der Waals surface area (Å²) in [5.41, 5.74) is 0.889. The van der Waals surface area contributed by atoms with Crippen LogP contribution in [0, 0.1) is 5.82 Å². The van der Waals surface area contributed by atoms with E-state index in [-0.39, 0.29) is 60.5 Å². The highest BCUT2D eigenvalue weighted by Crippen LogP contribution is 2.42. The first-order valence-corrected chi connectivity index (χ1v) is 14.1. The Morgan fingerprint density at radius 3 is 2.62 bits per heavy atom. The van der Waals surface area contributed by atoms with Crippen molar-refractivity contribution in [3.63, 3.8) is 0 Å². The summed E-state index contributed by atoms with van der Waals surface area (Å²) < 4.78 is 63.0. The molecule has 1 atom stereocenters. The van der Waals surface area contributed by atoms with Crippen LogP contribution in [-0.4, -0.2) is 50.4 Å². The quantitative estimate of drug-likeness (QED) is 0.390. The molecular weight excluding hydrogens is 586 g/mol. The molecule has 6 rings (SSSR count). The Balaban J connectivity index is 1.08. The van der Waals surface area contributed by atoms with E-state index < -0.39 is 59.8 Å². The topological polar surface area (TPSA) is 123 Å². The summed E-state index contributed by atoms with van der Waals surface area (Å²) in [6.07, 6.45) is -3.01. The SMILES string of the molecule is O=C1CC[C@@H](N2Cc3c(Cl)cc(CNC(=O)OC4CC(n5c(C(F)(F)F)nc6c5CCCC6)C4)c(F)c3C2=O)C(=O)N1. The summed E-state index contributed by atoms with van der Waals surface area (Å²) in [6.45, 7) is -0.474. The number of nitrogens with zero attached hydrogens (tertiary/aromatic N) is 3. The Morgan fingerprint density at radius 1 is 1.17 bits per heavy atom. The van der Waals surface area contributed by atoms with E-state index in [0.717, 1.165) is 12.8 Å². The number of fused-ring (bicyclic) bond motifs is 2. The van der Waals surface area contributed by atoms with Gasteiger partial charge >= 0.3 is 12.3 Å². The number of imide groups is 1. The van der Waals surface area contributed by atoms with Gasteiger partial charge < -0.3 is 19.5 Å². The molecule has 0 radical (unpaired) electrons. The number of aryl methyl sites for hydroxylation is 1. The number of carbonyl (C=O) groups is 4. The third-order valence-corrected chi connectivity index (χ3v) is 8.67. The van der Waals surface area contributed by atoms with E-state index >= 15 is 4.39 Å². The number of halogens is 5. The fourth-order valence-corrected chi connectivity index (χ4v) is 6.49. The normalized spacial score (nSPS) is 23.7. The van der Waals surface area contributed by atoms with Crippen molar-refractivity contribution in [2.24, 2.45) is 0 Å². The van der Waals surface area contributed by atoms with E-state index in [4.69, 9.17) is 16.3 Å². The molecule has 15 heteroatoms. The maximum absolute atomic E-state index is 15.4. The number of alkyl halides is 3. The Bertz CT molecular complexity index is 1500. The minimum Gasteiger partial charge on any atom is -0.446 e. The number of alkyl carbamates (subject to hydrolysis) is 1. The van der Waals surface area contributed by atoms with Crippen LogP contribution in [0.3, 0.4) is 0 Å². The number of imidazole rings is 1. The predicted molar refractivity (Wildman–Crippen MR) is 137 cm³/mol. The van der Waals surface area contributed by atoms with Crippen LogP contribution < -0.4 is 10.6 Å². The molecule has 10 nitrogen and oxygen atoms in total. The molecule has 1 aromatic heterocycles. The Hall–Kier alpha value is -3.68. The molecule has 3 heterocycles. The summed E-state index contributed by atoms with van der Waals surface area (Å²) in [5.74, 6) is -3.66. The molecule has 2 N–H and O–H groups in total. The van der Waals surface area contributed by atoms with Crippen LogP contribution in [0.5, 0.6) is 0 Å². The molecule has 224 valence electrons. The monoisotopic (exact) mass is 611 g/mol. The lowest BCUT2D eigenvalue weighted by atomic mass is 9.88. The van der Waals surface area contributed by atoms with E-state index in [1.165, 1.54) is 15.5 Å². The fraction of sp³-hybridized carbons (Fsp3) is 0.519. The van der Waals surface area contributed by atoms with Crippen LogP contribution >= 0.6 is 11.6 Å². The molecule has 1 saturated heterocycles. The third-order valence-electron chi connectivity index (χ3n) is 8.34. The number of carbonyl (C=O) groups excluding carboxylic acids is 4. The van der Waals surface area contributed by atoms with Gasteiger partial charge in [0.05, 0.1) is 11.3 Å². The molecule has 0 spiro atoms. The van der Waals surface area contributed by atoms with Crippen molar-refractivity contribution in [3.05, 3.63) is 50.8 Å². The second-order valence-electron chi connectivity index (χ2n) is 11.0. The summed E-state index contributed by atoms with van der Waals surface area (Å²) in [4.78, 5) is 54.3. The number of hydrogen-bond donors (Lipinski definition) is 2. The predicted octanol–water partition coefficient (Wildman–Crippen LogP) is 3.96. The van der Waals surface area contributed by atoms with Gasteiger partial charge in [-0.25, -0.2) is 14.2 Å². The van der Waals surface area contributed by atoms with Gasteiger partial charge in [0.2, 0.25) is 17.6 Å². The summed E-state index contributed by atoms with van der Waals surface area (Å²) in [7, 11) is 0. The fourth-order valence-electron chi connectivity index (χ4n) is 6.20. The molecule has 0 unspecified atom stereocenters. The van der Waals surface area contributed by atoms with Crippen LogP contribution in [0.1, 0.15) is 83.3 Å². The molecular formula is C27H26ClF4N5O5. The maximum Gasteiger partial charge on any atom is 0.449 e. The molecule has 1 saturated carbocycles. The molecule has 0 bridgehead atoms. The third kappa shape index (κ3) is 4.99. The Labute approximate surface area is 241 Å². The lowest BCUT2D eigenvalue weighted by Gasteiger charge is -2.37. The highest BCUT2D eigenvalue weighted by Gasteiger charge is 2.45. The van der Waals surface area contributed by atoms with E-state index in [0.29, 0.717) is 24.2 Å². The van der Waals surface area contributed by atoms with Crippen molar-refractivity contribution in [2.75, 3.05) is 0 Å². The molecule has 4 amide bonds. The number of ether oxygens (including phenoxy) is 1. The first-order valence-electron chi connectivity index (χ1n) is 13.7. The van der Waals surface area contributed by atoms with Gasteiger partial charge in [-0.15, -0.1) is 0 Å². The number of nitrogens with one attached hydrogen (secondary N) is 2. The number of piperidine rings is 1. The van der Waals surface area contributed by atoms with Crippen LogP contribution in [0.4, 0.5) is 22.4 Å². The summed E-state index contributed by atoms with van der Waals surface area (Å²) in [5, 5.41) is 4.65. The van der Waals surface area contributed by atoms with E-state index in [9.17, 15) is 32.3 Å². The van der Waals surface area contributed by atoms with Gasteiger partial charge in [-0.3, -0.25) is 19.7 Å². The Morgan fingerprint density at radius 2 is 1.90 bits per heavy atom. The zero-order valence-corrected chi connectivity index (χ0v) is 22.9. The minimum atomic E-state index is -4.60. The zero-order chi connectivity index (χ0) is 29.9. The Kier molecular flexibility index (Phi) is 7.14. The molecule has 42 heavy (non-hydrogen) atoms. The molecule has 4 aliphatic rings. The number of benzene rings is 1. The summed E-state index contributed by atoms with van der Waals surface area (Å²) in [6, 6.07) is -0.168. The molecule has 2 aliphatic heterocycles. The number of hydrogen-bond acceptors (Lipinski definition) is 6. The zero-order valence-electron chi connectivity index (χ0n) is 22.2. The van der Waals surface area contributed by atoms with Gasteiger partial charge in [0.15, 0.2) is 0 Å². The number of amides is 4. The van der Waals surface area contributed by atoms with Gasteiger partial charge in [-0.2, -0.15) is 13.2 Å². The van der Waals surface area contributed by atoms with Crippen LogP contribution in [0.25, 0.3) is 0 Å². The van der Waals surface area contributed by atoms with Crippen molar-refractivity contribution in [1.82, 2.24) is 25.1 Å². The van der Waals surface area contributed by atoms with Crippen LogP contribution in [-0.2, 0) is 46.4 Å². The lowest BCUT2D eigenvalue weighted by Crippen LogP contribution is -2.52. The average Bonchev–Trinajstić information content (AvgIpc) is 3.46. The van der Waals surface area contributed by atoms with E-state index in [2.05, 4.69) is 15.6 Å². The van der Waals surface area contributed by atoms with Crippen LogP contribution in [0.15, 0.2) is 6.07 Å². The van der Waals surface area contributed by atoms with Gasteiger partial charge in [-0.1, -0.05) is 11.6 Å². The smallest absolute Gasteiger partial charge is 0.446 e. The highest BCUT2D eigenvalue weighted by molar-refractivity contribution is 6.32. The maximum atomic E-state index is 15.4. The van der Waals surface area contributed by atoms with Gasteiger partial charge in [0.25, 0.3) is 5.91 Å². The minimum absolute atomic E-state index is 0.0414.